The van der Waals surface area contributed by atoms with Gasteiger partial charge < -0.3 is 9.64 Å². The summed E-state index contributed by atoms with van der Waals surface area (Å²) in [6.45, 7) is 7.99. The van der Waals surface area contributed by atoms with Crippen molar-refractivity contribution in [2.45, 2.75) is 39.0 Å². The van der Waals surface area contributed by atoms with Crippen LogP contribution in [0.4, 0.5) is 4.39 Å². The Kier molecular flexibility index (Phi) is 5.40. The molecule has 1 saturated heterocycles. The lowest BCUT2D eigenvalue weighted by atomic mass is 9.91. The summed E-state index contributed by atoms with van der Waals surface area (Å²) in [6.07, 6.45) is 3.34. The van der Waals surface area contributed by atoms with Crippen LogP contribution in [0.15, 0.2) is 36.7 Å². The molecule has 0 bridgehead atoms. The molecule has 0 spiro atoms. The van der Waals surface area contributed by atoms with E-state index >= 15 is 0 Å². The molecule has 0 radical (unpaired) electrons. The molecule has 1 aliphatic heterocycles. The molecule has 8 heteroatoms. The summed E-state index contributed by atoms with van der Waals surface area (Å²) < 4.78 is 20.5. The number of carbonyl (C=O) groups is 1. The maximum absolute atomic E-state index is 13.2. The topological polar surface area (TPSA) is 72.6 Å². The molecule has 7 nitrogen and oxygen atoms in total. The van der Waals surface area contributed by atoms with Crippen LogP contribution in [0.3, 0.4) is 0 Å². The lowest BCUT2D eigenvalue weighted by Gasteiger charge is -2.32. The number of amides is 1. The first kappa shape index (κ1) is 20.3. The number of benzene rings is 1. The lowest BCUT2D eigenvalue weighted by molar-refractivity contribution is 0.0627. The van der Waals surface area contributed by atoms with Gasteiger partial charge in [0.15, 0.2) is 0 Å². The van der Waals surface area contributed by atoms with Crippen LogP contribution in [0.1, 0.15) is 49.8 Å². The summed E-state index contributed by atoms with van der Waals surface area (Å²) in [4.78, 5) is 23.7. The zero-order valence-corrected chi connectivity index (χ0v) is 17.5. The average Bonchev–Trinajstić information content (AvgIpc) is 3.20. The molecule has 1 fully saturated rings. The fourth-order valence-electron chi connectivity index (χ4n) is 3.75. The molecule has 1 aliphatic rings. The van der Waals surface area contributed by atoms with Crippen molar-refractivity contribution in [3.8, 4) is 5.75 Å². The van der Waals surface area contributed by atoms with Crippen LogP contribution >= 0.6 is 0 Å². The minimum absolute atomic E-state index is 0.0996. The summed E-state index contributed by atoms with van der Waals surface area (Å²) in [7, 11) is 0. The second kappa shape index (κ2) is 8.01. The maximum Gasteiger partial charge on any atom is 0.272 e. The van der Waals surface area contributed by atoms with Crippen LogP contribution in [-0.2, 0) is 5.41 Å². The zero-order valence-electron chi connectivity index (χ0n) is 17.5. The van der Waals surface area contributed by atoms with Crippen LogP contribution in [0.25, 0.3) is 5.78 Å². The highest BCUT2D eigenvalue weighted by atomic mass is 19.1. The summed E-state index contributed by atoms with van der Waals surface area (Å²) in [5.41, 5.74) is 1.07. The molecular formula is C22H26FN5O2. The summed E-state index contributed by atoms with van der Waals surface area (Å²) in [5, 5.41) is 4.25. The van der Waals surface area contributed by atoms with E-state index in [-0.39, 0.29) is 23.1 Å². The van der Waals surface area contributed by atoms with Crippen molar-refractivity contribution in [3.05, 3.63) is 53.9 Å². The van der Waals surface area contributed by atoms with Crippen molar-refractivity contribution in [1.82, 2.24) is 24.5 Å². The van der Waals surface area contributed by atoms with E-state index in [2.05, 4.69) is 35.8 Å². The molecule has 0 unspecified atom stereocenters. The Balaban J connectivity index is 1.48. The zero-order chi connectivity index (χ0) is 21.3. The number of ether oxygens (including phenoxy) is 1. The van der Waals surface area contributed by atoms with Gasteiger partial charge in [-0.3, -0.25) is 4.79 Å². The molecule has 2 aromatic heterocycles. The van der Waals surface area contributed by atoms with Gasteiger partial charge in [0.2, 0.25) is 0 Å². The third-order valence-corrected chi connectivity index (χ3v) is 5.34. The van der Waals surface area contributed by atoms with Crippen molar-refractivity contribution >= 4 is 11.7 Å². The normalized spacial score (nSPS) is 17.3. The van der Waals surface area contributed by atoms with Crippen LogP contribution in [0.5, 0.6) is 5.75 Å². The summed E-state index contributed by atoms with van der Waals surface area (Å²) in [5.74, 6) is 0.889. The summed E-state index contributed by atoms with van der Waals surface area (Å²) >= 11 is 0. The van der Waals surface area contributed by atoms with E-state index in [0.29, 0.717) is 36.9 Å². The Hall–Kier alpha value is -3.03. The minimum atomic E-state index is -0.288. The van der Waals surface area contributed by atoms with Gasteiger partial charge in [-0.2, -0.15) is 10.1 Å². The standard InChI is InChI=1S/C22H26FN5O2/c1-22(2,3)19-11-18(26-21-24-14-25-28(19)21)20(29)27-10-4-5-15(12-27)13-30-17-8-6-16(23)7-9-17/h6-9,11,14-15H,4-5,10,12-13H2,1-3H3/t15-/m0/s1. The van der Waals surface area contributed by atoms with Gasteiger partial charge in [-0.05, 0) is 43.2 Å². The highest BCUT2D eigenvalue weighted by Crippen LogP contribution is 2.25. The van der Waals surface area contributed by atoms with Gasteiger partial charge in [0, 0.05) is 24.4 Å². The Morgan fingerprint density at radius 1 is 1.27 bits per heavy atom. The molecule has 158 valence electrons. The molecule has 30 heavy (non-hydrogen) atoms. The Labute approximate surface area is 174 Å². The Morgan fingerprint density at radius 3 is 2.77 bits per heavy atom. The smallest absolute Gasteiger partial charge is 0.272 e. The second-order valence-electron chi connectivity index (χ2n) is 8.77. The van der Waals surface area contributed by atoms with Gasteiger partial charge in [-0.15, -0.1) is 0 Å². The fourth-order valence-corrected chi connectivity index (χ4v) is 3.75. The lowest BCUT2D eigenvalue weighted by Crippen LogP contribution is -2.42. The molecule has 1 aromatic carbocycles. The SMILES string of the molecule is CC(C)(C)c1cc(C(=O)N2CCC[C@H](COc3ccc(F)cc3)C2)nc2ncnn12. The Morgan fingerprint density at radius 2 is 2.03 bits per heavy atom. The third kappa shape index (κ3) is 4.27. The first-order chi connectivity index (χ1) is 14.3. The molecule has 1 amide bonds. The van der Waals surface area contributed by atoms with Crippen LogP contribution in [0, 0.1) is 11.7 Å². The van der Waals surface area contributed by atoms with E-state index in [0.717, 1.165) is 18.5 Å². The van der Waals surface area contributed by atoms with Gasteiger partial charge in [-0.25, -0.2) is 13.9 Å². The van der Waals surface area contributed by atoms with Crippen molar-refractivity contribution in [3.63, 3.8) is 0 Å². The van der Waals surface area contributed by atoms with Crippen LogP contribution in [-0.4, -0.2) is 50.1 Å². The van der Waals surface area contributed by atoms with Crippen LogP contribution in [0.2, 0.25) is 0 Å². The second-order valence-corrected chi connectivity index (χ2v) is 8.77. The number of hydrogen-bond acceptors (Lipinski definition) is 5. The third-order valence-electron chi connectivity index (χ3n) is 5.34. The van der Waals surface area contributed by atoms with E-state index in [4.69, 9.17) is 4.74 Å². The minimum Gasteiger partial charge on any atom is -0.493 e. The van der Waals surface area contributed by atoms with Gasteiger partial charge in [0.05, 0.1) is 12.3 Å². The van der Waals surface area contributed by atoms with E-state index in [1.165, 1.54) is 18.5 Å². The van der Waals surface area contributed by atoms with Crippen molar-refractivity contribution in [1.29, 1.82) is 0 Å². The van der Waals surface area contributed by atoms with Crippen molar-refractivity contribution < 1.29 is 13.9 Å². The number of rotatable bonds is 4. The summed E-state index contributed by atoms with van der Waals surface area (Å²) in [6, 6.07) is 7.82. The number of carbonyl (C=O) groups excluding carboxylic acids is 1. The quantitative estimate of drug-likeness (QED) is 0.657. The molecular weight excluding hydrogens is 385 g/mol. The van der Waals surface area contributed by atoms with E-state index in [9.17, 15) is 9.18 Å². The van der Waals surface area contributed by atoms with Crippen LogP contribution < -0.4 is 4.74 Å². The van der Waals surface area contributed by atoms with E-state index in [1.54, 1.807) is 16.6 Å². The fraction of sp³-hybridized carbons (Fsp3) is 0.455. The van der Waals surface area contributed by atoms with Crippen molar-refractivity contribution in [2.75, 3.05) is 19.7 Å². The monoisotopic (exact) mass is 411 g/mol. The van der Waals surface area contributed by atoms with Gasteiger partial charge in [0.1, 0.15) is 23.6 Å². The predicted octanol–water partition coefficient (Wildman–Crippen LogP) is 3.49. The maximum atomic E-state index is 13.2. The molecule has 0 aliphatic carbocycles. The van der Waals surface area contributed by atoms with E-state index in [1.807, 2.05) is 11.0 Å². The highest BCUT2D eigenvalue weighted by molar-refractivity contribution is 5.93. The number of piperidine rings is 1. The molecule has 3 aromatic rings. The number of halogens is 1. The van der Waals surface area contributed by atoms with Gasteiger partial charge in [-0.1, -0.05) is 20.8 Å². The largest absolute Gasteiger partial charge is 0.493 e. The Bertz CT molecular complexity index is 1040. The highest BCUT2D eigenvalue weighted by Gasteiger charge is 2.28. The molecule has 1 atom stereocenters. The first-order valence-electron chi connectivity index (χ1n) is 10.2. The first-order valence-corrected chi connectivity index (χ1v) is 10.2. The van der Waals surface area contributed by atoms with Gasteiger partial charge >= 0.3 is 0 Å². The number of fused-ring (bicyclic) bond motifs is 1. The number of aromatic nitrogens is 4. The predicted molar refractivity (Wildman–Crippen MR) is 110 cm³/mol. The van der Waals surface area contributed by atoms with Crippen molar-refractivity contribution in [2.24, 2.45) is 5.92 Å². The molecule has 4 rings (SSSR count). The number of hydrogen-bond donors (Lipinski definition) is 0. The van der Waals surface area contributed by atoms with Gasteiger partial charge in [0.25, 0.3) is 11.7 Å². The molecule has 3 heterocycles. The molecule has 0 N–H and O–H groups in total. The number of nitrogens with zero attached hydrogens (tertiary/aromatic N) is 5. The number of likely N-dealkylation sites (tertiary alicyclic amines) is 1. The average molecular weight is 411 g/mol. The van der Waals surface area contributed by atoms with E-state index < -0.39 is 0 Å². The molecule has 0 saturated carbocycles.